The van der Waals surface area contributed by atoms with Crippen LogP contribution in [0.1, 0.15) is 0 Å². The minimum atomic E-state index is -0.656. The molecule has 2 heterocycles. The Labute approximate surface area is 105 Å². The van der Waals surface area contributed by atoms with Crippen LogP contribution in [0.5, 0.6) is 0 Å². The first-order valence-corrected chi connectivity index (χ1v) is 5.37. The van der Waals surface area contributed by atoms with Crippen LogP contribution in [0.15, 0.2) is 46.0 Å². The minimum absolute atomic E-state index is 0.218. The molecule has 94 valence electrons. The number of aromatic amines is 1. The van der Waals surface area contributed by atoms with Crippen molar-refractivity contribution in [2.75, 3.05) is 0 Å². The molecular weight excluding hydrogens is 251 g/mol. The first kappa shape index (κ1) is 11.3. The number of nitrogens with one attached hydrogen (secondary N) is 1. The molecule has 0 spiro atoms. The number of H-pyrrole nitrogens is 1. The van der Waals surface area contributed by atoms with Gasteiger partial charge in [-0.3, -0.25) is 9.51 Å². The van der Waals surface area contributed by atoms with Crippen LogP contribution in [0.2, 0.25) is 0 Å². The van der Waals surface area contributed by atoms with Gasteiger partial charge in [0.05, 0.1) is 5.69 Å². The third-order valence-electron chi connectivity index (χ3n) is 2.49. The summed E-state index contributed by atoms with van der Waals surface area (Å²) in [4.78, 5) is 21.4. The third kappa shape index (κ3) is 2.25. The predicted molar refractivity (Wildman–Crippen MR) is 63.5 cm³/mol. The molecule has 0 fully saturated rings. The van der Waals surface area contributed by atoms with Crippen LogP contribution in [-0.2, 0) is 0 Å². The Bertz CT molecular complexity index is 764. The van der Waals surface area contributed by atoms with Crippen LogP contribution in [0.4, 0.5) is 4.39 Å². The average molecular weight is 258 g/mol. The van der Waals surface area contributed by atoms with Crippen LogP contribution in [0.3, 0.4) is 0 Å². The van der Waals surface area contributed by atoms with Crippen LogP contribution in [0, 0.1) is 5.82 Å². The number of aromatic nitrogens is 4. The number of halogens is 1. The van der Waals surface area contributed by atoms with E-state index in [0.29, 0.717) is 11.4 Å². The van der Waals surface area contributed by atoms with Gasteiger partial charge in [-0.1, -0.05) is 5.16 Å². The maximum absolute atomic E-state index is 12.9. The lowest BCUT2D eigenvalue weighted by Crippen LogP contribution is -1.96. The van der Waals surface area contributed by atoms with Gasteiger partial charge in [-0.2, -0.15) is 0 Å². The molecule has 1 aromatic carbocycles. The van der Waals surface area contributed by atoms with Crippen molar-refractivity contribution in [3.63, 3.8) is 0 Å². The van der Waals surface area contributed by atoms with Gasteiger partial charge < -0.3 is 0 Å². The first-order valence-electron chi connectivity index (χ1n) is 5.37. The largest absolute Gasteiger partial charge is 0.439 e. The summed E-state index contributed by atoms with van der Waals surface area (Å²) in [6.07, 6.45) is 1.33. The highest BCUT2D eigenvalue weighted by atomic mass is 19.1. The molecule has 0 bridgehead atoms. The third-order valence-corrected chi connectivity index (χ3v) is 2.49. The second-order valence-electron chi connectivity index (χ2n) is 3.74. The molecule has 0 unspecified atom stereocenters. The van der Waals surface area contributed by atoms with E-state index in [-0.39, 0.29) is 11.6 Å². The van der Waals surface area contributed by atoms with Gasteiger partial charge >= 0.3 is 5.76 Å². The van der Waals surface area contributed by atoms with E-state index in [2.05, 4.69) is 24.6 Å². The number of hydrogen-bond acceptors (Lipinski definition) is 5. The smallest absolute Gasteiger partial charge is 0.296 e. The SMILES string of the molecule is O=c1[nH]c(-c2cc(-c3ccc(F)cc3)ncn2)no1. The van der Waals surface area contributed by atoms with E-state index >= 15 is 0 Å². The van der Waals surface area contributed by atoms with Crippen molar-refractivity contribution in [2.45, 2.75) is 0 Å². The molecule has 0 saturated carbocycles. The second-order valence-corrected chi connectivity index (χ2v) is 3.74. The molecule has 7 heteroatoms. The fourth-order valence-electron chi connectivity index (χ4n) is 1.61. The molecule has 1 N–H and O–H groups in total. The maximum atomic E-state index is 12.9. The molecule has 0 radical (unpaired) electrons. The minimum Gasteiger partial charge on any atom is -0.296 e. The van der Waals surface area contributed by atoms with Crippen LogP contribution < -0.4 is 5.76 Å². The highest BCUT2D eigenvalue weighted by molar-refractivity contribution is 5.63. The first-order chi connectivity index (χ1) is 9.22. The molecule has 2 aromatic heterocycles. The molecule has 6 nitrogen and oxygen atoms in total. The zero-order chi connectivity index (χ0) is 13.2. The number of nitrogens with zero attached hydrogens (tertiary/aromatic N) is 3. The number of rotatable bonds is 2. The Balaban J connectivity index is 2.04. The van der Waals surface area contributed by atoms with Gasteiger partial charge in [0, 0.05) is 5.56 Å². The molecule has 0 aliphatic heterocycles. The Kier molecular flexibility index (Phi) is 2.64. The van der Waals surface area contributed by atoms with Gasteiger partial charge in [0.2, 0.25) is 5.82 Å². The predicted octanol–water partition coefficient (Wildman–Crippen LogP) is 1.63. The Morgan fingerprint density at radius 1 is 1.11 bits per heavy atom. The number of benzene rings is 1. The monoisotopic (exact) mass is 258 g/mol. The fraction of sp³-hybridized carbons (Fsp3) is 0. The Morgan fingerprint density at radius 2 is 1.84 bits per heavy atom. The standard InChI is InChI=1S/C12H7FN4O2/c13-8-3-1-7(2-4-8)9-5-10(15-6-14-9)11-16-12(18)19-17-11/h1-6H,(H,16,17,18). The normalized spacial score (nSPS) is 10.6. The molecule has 0 amide bonds. The zero-order valence-corrected chi connectivity index (χ0v) is 9.50. The summed E-state index contributed by atoms with van der Waals surface area (Å²) < 4.78 is 17.3. The molecular formula is C12H7FN4O2. The van der Waals surface area contributed by atoms with Crippen molar-refractivity contribution in [1.82, 2.24) is 20.1 Å². The van der Waals surface area contributed by atoms with Crippen molar-refractivity contribution in [1.29, 1.82) is 0 Å². The van der Waals surface area contributed by atoms with Gasteiger partial charge in [-0.25, -0.2) is 19.2 Å². The van der Waals surface area contributed by atoms with Gasteiger partial charge in [-0.15, -0.1) is 0 Å². The van der Waals surface area contributed by atoms with Gasteiger partial charge in [0.1, 0.15) is 17.8 Å². The topological polar surface area (TPSA) is 84.7 Å². The Morgan fingerprint density at radius 3 is 2.53 bits per heavy atom. The fourth-order valence-corrected chi connectivity index (χ4v) is 1.61. The summed E-state index contributed by atoms with van der Waals surface area (Å²) >= 11 is 0. The maximum Gasteiger partial charge on any atom is 0.439 e. The molecule has 3 aromatic rings. The Hall–Kier alpha value is -2.83. The van der Waals surface area contributed by atoms with Crippen molar-refractivity contribution < 1.29 is 8.91 Å². The van der Waals surface area contributed by atoms with E-state index in [4.69, 9.17) is 0 Å². The van der Waals surface area contributed by atoms with E-state index < -0.39 is 5.76 Å². The van der Waals surface area contributed by atoms with E-state index in [1.807, 2.05) is 0 Å². The summed E-state index contributed by atoms with van der Waals surface area (Å²) in [6.45, 7) is 0. The van der Waals surface area contributed by atoms with Crippen LogP contribution in [0.25, 0.3) is 22.8 Å². The second kappa shape index (κ2) is 4.45. The molecule has 0 aliphatic carbocycles. The van der Waals surface area contributed by atoms with Crippen LogP contribution in [-0.4, -0.2) is 20.1 Å². The van der Waals surface area contributed by atoms with E-state index in [0.717, 1.165) is 5.56 Å². The summed E-state index contributed by atoms with van der Waals surface area (Å²) in [5.74, 6) is -0.758. The quantitative estimate of drug-likeness (QED) is 0.755. The summed E-state index contributed by atoms with van der Waals surface area (Å²) in [5.41, 5.74) is 1.74. The summed E-state index contributed by atoms with van der Waals surface area (Å²) in [5, 5.41) is 3.54. The van der Waals surface area contributed by atoms with Gasteiger partial charge in [0.25, 0.3) is 0 Å². The summed E-state index contributed by atoms with van der Waals surface area (Å²) in [6, 6.07) is 7.52. The van der Waals surface area contributed by atoms with Crippen LogP contribution >= 0.6 is 0 Å². The lowest BCUT2D eigenvalue weighted by Gasteiger charge is -2.01. The molecule has 0 saturated heterocycles. The highest BCUT2D eigenvalue weighted by Crippen LogP contribution is 2.20. The summed E-state index contributed by atoms with van der Waals surface area (Å²) in [7, 11) is 0. The van der Waals surface area contributed by atoms with Crippen molar-refractivity contribution in [3.8, 4) is 22.8 Å². The van der Waals surface area contributed by atoms with Crippen molar-refractivity contribution in [2.24, 2.45) is 0 Å². The van der Waals surface area contributed by atoms with Gasteiger partial charge in [-0.05, 0) is 30.3 Å². The lowest BCUT2D eigenvalue weighted by atomic mass is 10.1. The van der Waals surface area contributed by atoms with E-state index in [9.17, 15) is 9.18 Å². The number of hydrogen-bond donors (Lipinski definition) is 1. The molecule has 0 aliphatic rings. The molecule has 19 heavy (non-hydrogen) atoms. The molecule has 3 rings (SSSR count). The van der Waals surface area contributed by atoms with Crippen molar-refractivity contribution in [3.05, 3.63) is 53.0 Å². The lowest BCUT2D eigenvalue weighted by molar-refractivity contribution is 0.387. The highest BCUT2D eigenvalue weighted by Gasteiger charge is 2.08. The average Bonchev–Trinajstić information content (AvgIpc) is 2.86. The van der Waals surface area contributed by atoms with Crippen molar-refractivity contribution >= 4 is 0 Å². The van der Waals surface area contributed by atoms with E-state index in [1.54, 1.807) is 18.2 Å². The van der Waals surface area contributed by atoms with E-state index in [1.165, 1.54) is 18.5 Å². The zero-order valence-electron chi connectivity index (χ0n) is 9.50. The molecule has 0 atom stereocenters. The van der Waals surface area contributed by atoms with Gasteiger partial charge in [0.15, 0.2) is 0 Å².